The van der Waals surface area contributed by atoms with Crippen molar-refractivity contribution in [1.82, 2.24) is 9.78 Å². The molecule has 1 heterocycles. The first kappa shape index (κ1) is 13.7. The number of rotatable bonds is 5. The number of carbonyl (C=O) groups excluding carboxylic acids is 1. The second kappa shape index (κ2) is 5.97. The molecule has 1 aliphatic rings. The number of Topliss-reactive ketones (excluding diaryl/α,β-unsaturated/α-hetero) is 1. The number of aromatic nitrogens is 2. The second-order valence-corrected chi connectivity index (χ2v) is 5.89. The lowest BCUT2D eigenvalue weighted by Crippen LogP contribution is -2.19. The average molecular weight is 315 g/mol. The summed E-state index contributed by atoms with van der Waals surface area (Å²) in [7, 11) is 1.65. The van der Waals surface area contributed by atoms with Crippen LogP contribution in [0, 0.1) is 11.8 Å². The van der Waals surface area contributed by atoms with Crippen molar-refractivity contribution in [2.24, 2.45) is 11.8 Å². The van der Waals surface area contributed by atoms with E-state index in [-0.39, 0.29) is 11.7 Å². The van der Waals surface area contributed by atoms with Crippen molar-refractivity contribution >= 4 is 21.7 Å². The fraction of sp³-hybridized carbons (Fsp3) is 0.692. The van der Waals surface area contributed by atoms with E-state index >= 15 is 0 Å². The molecule has 0 amide bonds. The van der Waals surface area contributed by atoms with Gasteiger partial charge in [-0.15, -0.1) is 0 Å². The third kappa shape index (κ3) is 2.83. The largest absolute Gasteiger partial charge is 0.383 e. The Hall–Kier alpha value is -0.680. The molecule has 0 radical (unpaired) electrons. The predicted molar refractivity (Wildman–Crippen MR) is 72.6 cm³/mol. The Bertz CT molecular complexity index is 431. The fourth-order valence-corrected chi connectivity index (χ4v) is 3.08. The van der Waals surface area contributed by atoms with Gasteiger partial charge < -0.3 is 4.74 Å². The van der Waals surface area contributed by atoms with Gasteiger partial charge in [-0.3, -0.25) is 9.48 Å². The average Bonchev–Trinajstić information content (AvgIpc) is 2.92. The number of methoxy groups -OCH3 is 1. The fourth-order valence-electron chi connectivity index (χ4n) is 2.59. The molecule has 0 saturated heterocycles. The van der Waals surface area contributed by atoms with Gasteiger partial charge in [0.25, 0.3) is 0 Å². The minimum absolute atomic E-state index is 0.161. The van der Waals surface area contributed by atoms with Crippen molar-refractivity contribution in [3.8, 4) is 0 Å². The molecule has 1 aliphatic carbocycles. The van der Waals surface area contributed by atoms with Crippen molar-refractivity contribution in [2.75, 3.05) is 13.7 Å². The van der Waals surface area contributed by atoms with E-state index < -0.39 is 0 Å². The Morgan fingerprint density at radius 3 is 3.00 bits per heavy atom. The van der Waals surface area contributed by atoms with Crippen LogP contribution >= 0.6 is 15.9 Å². The Kier molecular flexibility index (Phi) is 4.56. The highest BCUT2D eigenvalue weighted by molar-refractivity contribution is 9.10. The molecule has 1 saturated carbocycles. The minimum Gasteiger partial charge on any atom is -0.383 e. The van der Waals surface area contributed by atoms with Crippen LogP contribution in [0.1, 0.15) is 36.7 Å². The van der Waals surface area contributed by atoms with E-state index in [4.69, 9.17) is 4.74 Å². The SMILES string of the molecule is COCCn1ncc(Br)c1C(=O)C1CCC(C)C1. The summed E-state index contributed by atoms with van der Waals surface area (Å²) >= 11 is 3.43. The lowest BCUT2D eigenvalue weighted by atomic mass is 9.99. The molecule has 0 aliphatic heterocycles. The van der Waals surface area contributed by atoms with Crippen LogP contribution in [0.3, 0.4) is 0 Å². The van der Waals surface area contributed by atoms with E-state index in [1.54, 1.807) is 18.0 Å². The predicted octanol–water partition coefficient (Wildman–Crippen LogP) is 2.91. The van der Waals surface area contributed by atoms with Crippen LogP contribution in [0.4, 0.5) is 0 Å². The van der Waals surface area contributed by atoms with E-state index in [0.29, 0.717) is 24.8 Å². The van der Waals surface area contributed by atoms with Gasteiger partial charge in [0.2, 0.25) is 0 Å². The molecule has 2 atom stereocenters. The molecule has 1 aromatic heterocycles. The first-order chi connectivity index (χ1) is 8.63. The van der Waals surface area contributed by atoms with Crippen molar-refractivity contribution in [3.63, 3.8) is 0 Å². The molecule has 0 spiro atoms. The van der Waals surface area contributed by atoms with E-state index in [0.717, 1.165) is 23.7 Å². The van der Waals surface area contributed by atoms with Crippen molar-refractivity contribution in [2.45, 2.75) is 32.7 Å². The second-order valence-electron chi connectivity index (χ2n) is 5.04. The molecule has 100 valence electrons. The molecule has 0 aromatic carbocycles. The number of ketones is 1. The number of ether oxygens (including phenoxy) is 1. The lowest BCUT2D eigenvalue weighted by molar-refractivity contribution is 0.0905. The topological polar surface area (TPSA) is 44.1 Å². The molecule has 0 bridgehead atoms. The van der Waals surface area contributed by atoms with E-state index in [2.05, 4.69) is 28.0 Å². The Balaban J connectivity index is 2.16. The Labute approximate surface area is 116 Å². The van der Waals surface area contributed by atoms with Gasteiger partial charge in [-0.25, -0.2) is 0 Å². The van der Waals surface area contributed by atoms with Crippen molar-refractivity contribution in [3.05, 3.63) is 16.4 Å². The smallest absolute Gasteiger partial charge is 0.185 e. The summed E-state index contributed by atoms with van der Waals surface area (Å²) in [6.07, 6.45) is 4.85. The van der Waals surface area contributed by atoms with Gasteiger partial charge in [-0.1, -0.05) is 6.92 Å². The molecule has 4 nitrogen and oxygen atoms in total. The first-order valence-corrected chi connectivity index (χ1v) is 7.17. The third-order valence-corrected chi connectivity index (χ3v) is 4.18. The third-order valence-electron chi connectivity index (χ3n) is 3.60. The van der Waals surface area contributed by atoms with Crippen molar-refractivity contribution in [1.29, 1.82) is 0 Å². The number of hydrogen-bond acceptors (Lipinski definition) is 3. The van der Waals surface area contributed by atoms with Gasteiger partial charge >= 0.3 is 0 Å². The Morgan fingerprint density at radius 1 is 1.61 bits per heavy atom. The van der Waals surface area contributed by atoms with Gasteiger partial charge in [0.15, 0.2) is 5.78 Å². The Morgan fingerprint density at radius 2 is 2.39 bits per heavy atom. The normalized spacial score (nSPS) is 23.5. The first-order valence-electron chi connectivity index (χ1n) is 6.38. The van der Waals surface area contributed by atoms with Gasteiger partial charge in [0.05, 0.1) is 23.8 Å². The van der Waals surface area contributed by atoms with Crippen LogP contribution in [0.5, 0.6) is 0 Å². The summed E-state index contributed by atoms with van der Waals surface area (Å²) in [5.41, 5.74) is 0.700. The molecular formula is C13H19BrN2O2. The molecule has 1 aromatic rings. The van der Waals surface area contributed by atoms with Crippen LogP contribution in [-0.2, 0) is 11.3 Å². The summed E-state index contributed by atoms with van der Waals surface area (Å²) < 4.78 is 7.59. The van der Waals surface area contributed by atoms with Crippen LogP contribution in [0.2, 0.25) is 0 Å². The van der Waals surface area contributed by atoms with Crippen LogP contribution in [0.25, 0.3) is 0 Å². The molecule has 18 heavy (non-hydrogen) atoms. The summed E-state index contributed by atoms with van der Waals surface area (Å²) in [4.78, 5) is 12.5. The van der Waals surface area contributed by atoms with Crippen LogP contribution < -0.4 is 0 Å². The summed E-state index contributed by atoms with van der Waals surface area (Å²) in [5.74, 6) is 1.04. The lowest BCUT2D eigenvalue weighted by Gasteiger charge is -2.11. The van der Waals surface area contributed by atoms with E-state index in [1.165, 1.54) is 0 Å². The maximum atomic E-state index is 12.5. The van der Waals surface area contributed by atoms with Gasteiger partial charge in [0, 0.05) is 13.0 Å². The van der Waals surface area contributed by atoms with Crippen LogP contribution in [0.15, 0.2) is 10.7 Å². The van der Waals surface area contributed by atoms with Crippen molar-refractivity contribution < 1.29 is 9.53 Å². The zero-order chi connectivity index (χ0) is 13.1. The zero-order valence-corrected chi connectivity index (χ0v) is 12.4. The highest BCUT2D eigenvalue weighted by Gasteiger charge is 2.31. The number of hydrogen-bond donors (Lipinski definition) is 0. The molecule has 1 fully saturated rings. The molecule has 0 N–H and O–H groups in total. The number of carbonyl (C=O) groups is 1. The molecular weight excluding hydrogens is 296 g/mol. The number of halogens is 1. The molecule has 2 unspecified atom stereocenters. The number of nitrogens with zero attached hydrogens (tertiary/aromatic N) is 2. The van der Waals surface area contributed by atoms with Gasteiger partial charge in [0.1, 0.15) is 5.69 Å². The minimum atomic E-state index is 0.161. The summed E-state index contributed by atoms with van der Waals surface area (Å²) in [5, 5.41) is 4.23. The maximum Gasteiger partial charge on any atom is 0.185 e. The summed E-state index contributed by atoms with van der Waals surface area (Å²) in [6, 6.07) is 0. The van der Waals surface area contributed by atoms with Gasteiger partial charge in [-0.2, -0.15) is 5.10 Å². The standard InChI is InChI=1S/C13H19BrN2O2/c1-9-3-4-10(7-9)13(17)12-11(14)8-15-16(12)5-6-18-2/h8-10H,3-7H2,1-2H3. The van der Waals surface area contributed by atoms with E-state index in [1.807, 2.05) is 0 Å². The van der Waals surface area contributed by atoms with Gasteiger partial charge in [-0.05, 0) is 41.1 Å². The molecule has 2 rings (SSSR count). The highest BCUT2D eigenvalue weighted by atomic mass is 79.9. The summed E-state index contributed by atoms with van der Waals surface area (Å²) in [6.45, 7) is 3.39. The van der Waals surface area contributed by atoms with E-state index in [9.17, 15) is 4.79 Å². The quantitative estimate of drug-likeness (QED) is 0.785. The van der Waals surface area contributed by atoms with Crippen LogP contribution in [-0.4, -0.2) is 29.3 Å². The monoisotopic (exact) mass is 314 g/mol. The zero-order valence-electron chi connectivity index (χ0n) is 10.9. The highest BCUT2D eigenvalue weighted by Crippen LogP contribution is 2.34. The molecule has 5 heteroatoms. The maximum absolute atomic E-state index is 12.5.